The smallest absolute Gasteiger partial charge is 0.340 e. The van der Waals surface area contributed by atoms with Gasteiger partial charge in [-0.1, -0.05) is 6.92 Å². The van der Waals surface area contributed by atoms with Crippen LogP contribution in [-0.2, 0) is 10.0 Å². The number of rotatable bonds is 7. The molecule has 0 aliphatic heterocycles. The van der Waals surface area contributed by atoms with Gasteiger partial charge in [-0.3, -0.25) is 5.10 Å². The summed E-state index contributed by atoms with van der Waals surface area (Å²) in [5.41, 5.74) is -0.0807. The van der Waals surface area contributed by atoms with E-state index in [1.807, 2.05) is 19.0 Å². The van der Waals surface area contributed by atoms with Crippen LogP contribution < -0.4 is 0 Å². The number of carboxylic acids is 1. The number of aromatic nitrogens is 2. The Hall–Kier alpha value is -1.45. The molecule has 0 aromatic carbocycles. The van der Waals surface area contributed by atoms with E-state index in [1.54, 1.807) is 13.8 Å². The van der Waals surface area contributed by atoms with Gasteiger partial charge < -0.3 is 10.0 Å². The van der Waals surface area contributed by atoms with Crippen LogP contribution in [0, 0.1) is 6.92 Å². The Kier molecular flexibility index (Phi) is 5.48. The third-order valence-corrected chi connectivity index (χ3v) is 5.13. The normalized spacial score (nSPS) is 13.9. The molecule has 0 aliphatic rings. The van der Waals surface area contributed by atoms with Gasteiger partial charge in [0.25, 0.3) is 10.0 Å². The zero-order chi connectivity index (χ0) is 16.4. The molecule has 8 nitrogen and oxygen atoms in total. The van der Waals surface area contributed by atoms with E-state index in [1.165, 1.54) is 11.2 Å². The molecule has 0 aliphatic carbocycles. The Morgan fingerprint density at radius 3 is 2.43 bits per heavy atom. The molecule has 0 amide bonds. The molecule has 0 spiro atoms. The third-order valence-electron chi connectivity index (χ3n) is 3.11. The largest absolute Gasteiger partial charge is 0.478 e. The minimum absolute atomic E-state index is 0.220. The van der Waals surface area contributed by atoms with Gasteiger partial charge in [-0.25, -0.2) is 13.2 Å². The van der Waals surface area contributed by atoms with Gasteiger partial charge in [0.2, 0.25) is 5.03 Å². The van der Waals surface area contributed by atoms with Crippen LogP contribution >= 0.6 is 0 Å². The number of hydrogen-bond acceptors (Lipinski definition) is 5. The van der Waals surface area contributed by atoms with Crippen LogP contribution in [0.25, 0.3) is 0 Å². The van der Waals surface area contributed by atoms with Crippen molar-refractivity contribution in [2.75, 3.05) is 27.2 Å². The highest BCUT2D eigenvalue weighted by Gasteiger charge is 2.35. The molecule has 0 bridgehead atoms. The zero-order valence-corrected chi connectivity index (χ0v) is 13.7. The molecule has 1 atom stereocenters. The van der Waals surface area contributed by atoms with Crippen LogP contribution in [0.15, 0.2) is 5.03 Å². The van der Waals surface area contributed by atoms with Crippen molar-refractivity contribution in [2.24, 2.45) is 0 Å². The van der Waals surface area contributed by atoms with Crippen molar-refractivity contribution in [1.29, 1.82) is 0 Å². The number of likely N-dealkylation sites (N-methyl/N-ethyl adjacent to an activating group) is 2. The predicted octanol–water partition coefficient (Wildman–Crippen LogP) is 0.377. The molecule has 0 saturated heterocycles. The summed E-state index contributed by atoms with van der Waals surface area (Å²) >= 11 is 0. The molecular formula is C12H22N4O4S. The van der Waals surface area contributed by atoms with Crippen molar-refractivity contribution in [3.63, 3.8) is 0 Å². The number of sulfonamides is 1. The van der Waals surface area contributed by atoms with Crippen LogP contribution in [0.1, 0.15) is 29.9 Å². The summed E-state index contributed by atoms with van der Waals surface area (Å²) in [6.07, 6.45) is 0. The standard InChI is InChI=1S/C12H22N4O4S/c1-6-16(8(2)7-15(4)5)21(19,20)11-10(12(17)18)9(3)13-14-11/h8H,6-7H2,1-5H3,(H,13,14)(H,17,18). The number of nitrogens with zero attached hydrogens (tertiary/aromatic N) is 3. The van der Waals surface area contributed by atoms with E-state index >= 15 is 0 Å². The summed E-state index contributed by atoms with van der Waals surface area (Å²) in [6, 6.07) is -0.298. The Balaban J connectivity index is 3.29. The highest BCUT2D eigenvalue weighted by Crippen LogP contribution is 2.22. The first kappa shape index (κ1) is 17.6. The van der Waals surface area contributed by atoms with Gasteiger partial charge in [0, 0.05) is 24.8 Å². The van der Waals surface area contributed by atoms with E-state index in [0.29, 0.717) is 6.54 Å². The molecule has 1 aromatic rings. The first-order valence-electron chi connectivity index (χ1n) is 6.57. The highest BCUT2D eigenvalue weighted by atomic mass is 32.2. The predicted molar refractivity (Wildman–Crippen MR) is 77.9 cm³/mol. The van der Waals surface area contributed by atoms with Gasteiger partial charge in [0.05, 0.1) is 0 Å². The number of nitrogens with one attached hydrogen (secondary N) is 1. The first-order valence-corrected chi connectivity index (χ1v) is 8.01. The van der Waals surface area contributed by atoms with E-state index in [-0.39, 0.29) is 23.8 Å². The second-order valence-corrected chi connectivity index (χ2v) is 6.96. The van der Waals surface area contributed by atoms with E-state index in [4.69, 9.17) is 0 Å². The lowest BCUT2D eigenvalue weighted by atomic mass is 10.3. The fourth-order valence-corrected chi connectivity index (χ4v) is 4.06. The number of aromatic carboxylic acids is 1. The Morgan fingerprint density at radius 2 is 2.00 bits per heavy atom. The van der Waals surface area contributed by atoms with E-state index in [0.717, 1.165) is 0 Å². The van der Waals surface area contributed by atoms with Crippen molar-refractivity contribution in [1.82, 2.24) is 19.4 Å². The van der Waals surface area contributed by atoms with Gasteiger partial charge in [0.1, 0.15) is 5.56 Å². The fourth-order valence-electron chi connectivity index (χ4n) is 2.29. The maximum atomic E-state index is 12.7. The van der Waals surface area contributed by atoms with Gasteiger partial charge in [0.15, 0.2) is 0 Å². The lowest BCUT2D eigenvalue weighted by Crippen LogP contribution is -2.44. The first-order chi connectivity index (χ1) is 9.62. The number of carboxylic acid groups (broad SMARTS) is 1. The summed E-state index contributed by atoms with van der Waals surface area (Å²) in [5, 5.41) is 14.9. The molecule has 1 rings (SSSR count). The van der Waals surface area contributed by atoms with Crippen molar-refractivity contribution in [3.8, 4) is 0 Å². The molecule has 1 heterocycles. The van der Waals surface area contributed by atoms with E-state index < -0.39 is 21.0 Å². The molecule has 21 heavy (non-hydrogen) atoms. The maximum Gasteiger partial charge on any atom is 0.340 e. The van der Waals surface area contributed by atoms with Crippen LogP contribution in [0.5, 0.6) is 0 Å². The summed E-state index contributed by atoms with van der Waals surface area (Å²) in [7, 11) is -0.276. The third kappa shape index (κ3) is 3.60. The molecule has 1 aromatic heterocycles. The van der Waals surface area contributed by atoms with Gasteiger partial charge >= 0.3 is 5.97 Å². The summed E-state index contributed by atoms with van der Waals surface area (Å²) < 4.78 is 26.6. The second-order valence-electron chi connectivity index (χ2n) is 5.15. The summed E-state index contributed by atoms with van der Waals surface area (Å²) in [5.74, 6) is -1.31. The Labute approximate surface area is 124 Å². The monoisotopic (exact) mass is 318 g/mol. The number of hydrogen-bond donors (Lipinski definition) is 2. The molecule has 2 N–H and O–H groups in total. The molecule has 0 radical (unpaired) electrons. The molecular weight excluding hydrogens is 296 g/mol. The second kappa shape index (κ2) is 6.54. The minimum atomic E-state index is -3.97. The van der Waals surface area contributed by atoms with Crippen molar-refractivity contribution in [3.05, 3.63) is 11.3 Å². The zero-order valence-electron chi connectivity index (χ0n) is 12.9. The number of aromatic amines is 1. The van der Waals surface area contributed by atoms with E-state index in [9.17, 15) is 18.3 Å². The van der Waals surface area contributed by atoms with Gasteiger partial charge in [-0.15, -0.1) is 0 Å². The topological polar surface area (TPSA) is 107 Å². The Morgan fingerprint density at radius 1 is 1.43 bits per heavy atom. The van der Waals surface area contributed by atoms with Crippen LogP contribution in [0.4, 0.5) is 0 Å². The average Bonchev–Trinajstić information content (AvgIpc) is 2.71. The average molecular weight is 318 g/mol. The summed E-state index contributed by atoms with van der Waals surface area (Å²) in [4.78, 5) is 13.1. The van der Waals surface area contributed by atoms with Gasteiger partial charge in [-0.2, -0.15) is 9.40 Å². The lowest BCUT2D eigenvalue weighted by molar-refractivity contribution is 0.0691. The quantitative estimate of drug-likeness (QED) is 0.752. The SMILES string of the molecule is CCN(C(C)CN(C)C)S(=O)(=O)c1n[nH]c(C)c1C(=O)O. The number of carbonyl (C=O) groups is 1. The molecule has 120 valence electrons. The van der Waals surface area contributed by atoms with Gasteiger partial charge in [-0.05, 0) is 27.9 Å². The number of H-pyrrole nitrogens is 1. The lowest BCUT2D eigenvalue weighted by Gasteiger charge is -2.28. The fraction of sp³-hybridized carbons (Fsp3) is 0.667. The van der Waals surface area contributed by atoms with Crippen LogP contribution in [0.2, 0.25) is 0 Å². The van der Waals surface area contributed by atoms with Crippen molar-refractivity contribution >= 4 is 16.0 Å². The Bertz CT molecular complexity index is 609. The van der Waals surface area contributed by atoms with E-state index in [2.05, 4.69) is 10.2 Å². The summed E-state index contributed by atoms with van der Waals surface area (Å²) in [6.45, 7) is 5.74. The molecule has 1 unspecified atom stereocenters. The minimum Gasteiger partial charge on any atom is -0.478 e. The van der Waals surface area contributed by atoms with Crippen molar-refractivity contribution < 1.29 is 18.3 Å². The van der Waals surface area contributed by atoms with Crippen LogP contribution in [-0.4, -0.2) is 72.1 Å². The maximum absolute atomic E-state index is 12.7. The van der Waals surface area contributed by atoms with Crippen molar-refractivity contribution in [2.45, 2.75) is 31.8 Å². The molecule has 9 heteroatoms. The van der Waals surface area contributed by atoms with Crippen LogP contribution in [0.3, 0.4) is 0 Å². The molecule has 0 fully saturated rings. The molecule has 0 saturated carbocycles. The highest BCUT2D eigenvalue weighted by molar-refractivity contribution is 7.89. The number of aryl methyl sites for hydroxylation is 1.